The second-order valence-corrected chi connectivity index (χ2v) is 8.19. The predicted octanol–water partition coefficient (Wildman–Crippen LogP) is 1.34. The molecule has 0 bridgehead atoms. The summed E-state index contributed by atoms with van der Waals surface area (Å²) in [7, 11) is 0. The zero-order valence-electron chi connectivity index (χ0n) is 16.4. The summed E-state index contributed by atoms with van der Waals surface area (Å²) in [6.45, 7) is 1.23. The summed E-state index contributed by atoms with van der Waals surface area (Å²) in [5.74, 6) is -1.73. The third-order valence-electron chi connectivity index (χ3n) is 5.30. The molecule has 2 fully saturated rings. The van der Waals surface area contributed by atoms with E-state index < -0.39 is 35.6 Å². The lowest BCUT2D eigenvalue weighted by atomic mass is 9.80. The van der Waals surface area contributed by atoms with E-state index in [-0.39, 0.29) is 5.91 Å². The number of hydrogen-bond acceptors (Lipinski definition) is 6. The van der Waals surface area contributed by atoms with Crippen LogP contribution in [0.25, 0.3) is 0 Å². The molecule has 1 aliphatic carbocycles. The molecule has 1 saturated carbocycles. The van der Waals surface area contributed by atoms with Crippen LogP contribution in [0.4, 0.5) is 0 Å². The van der Waals surface area contributed by atoms with E-state index >= 15 is 0 Å². The molecule has 1 aromatic carbocycles. The molecule has 3 amide bonds. The average Bonchev–Trinajstić information content (AvgIpc) is 2.72. The van der Waals surface area contributed by atoms with Gasteiger partial charge in [-0.3, -0.25) is 19.2 Å². The van der Waals surface area contributed by atoms with Crippen LogP contribution in [0.15, 0.2) is 29.2 Å². The monoisotopic (exact) mass is 419 g/mol. The highest BCUT2D eigenvalue weighted by Gasteiger charge is 2.48. The molecular weight excluding hydrogens is 394 g/mol. The van der Waals surface area contributed by atoms with Crippen LogP contribution in [0.2, 0.25) is 0 Å². The lowest BCUT2D eigenvalue weighted by Gasteiger charge is -2.41. The van der Waals surface area contributed by atoms with Gasteiger partial charge in [0.05, 0.1) is 0 Å². The van der Waals surface area contributed by atoms with Gasteiger partial charge in [0, 0.05) is 17.4 Å². The Morgan fingerprint density at radius 2 is 1.79 bits per heavy atom. The normalized spacial score (nSPS) is 22.6. The van der Waals surface area contributed by atoms with Crippen molar-refractivity contribution in [3.63, 3.8) is 0 Å². The molecule has 0 radical (unpaired) electrons. The second-order valence-electron chi connectivity index (χ2n) is 7.32. The molecular formula is C20H25N3O5S. The van der Waals surface area contributed by atoms with Crippen molar-refractivity contribution in [2.24, 2.45) is 0 Å². The molecule has 3 N–H and O–H groups in total. The smallest absolute Gasteiger partial charge is 0.304 e. The summed E-state index contributed by atoms with van der Waals surface area (Å²) < 4.78 is 4.99. The molecule has 0 unspecified atom stereocenters. The Kier molecular flexibility index (Phi) is 6.46. The minimum absolute atomic E-state index is 0.329. The van der Waals surface area contributed by atoms with Crippen molar-refractivity contribution in [1.29, 1.82) is 0 Å². The largest absolute Gasteiger partial charge is 0.439 e. The number of thioether (sulfide) groups is 1. The fourth-order valence-corrected chi connectivity index (χ4v) is 4.06. The fourth-order valence-electron chi connectivity index (χ4n) is 3.65. The van der Waals surface area contributed by atoms with Crippen molar-refractivity contribution in [2.45, 2.75) is 61.7 Å². The van der Waals surface area contributed by atoms with Crippen LogP contribution in [-0.2, 0) is 19.1 Å². The third-order valence-corrected chi connectivity index (χ3v) is 6.04. The Morgan fingerprint density at radius 1 is 1.14 bits per heavy atom. The van der Waals surface area contributed by atoms with E-state index in [9.17, 15) is 19.2 Å². The van der Waals surface area contributed by atoms with Gasteiger partial charge in [-0.2, -0.15) is 0 Å². The zero-order valence-corrected chi connectivity index (χ0v) is 17.3. The van der Waals surface area contributed by atoms with E-state index in [0.29, 0.717) is 18.4 Å². The number of amides is 3. The van der Waals surface area contributed by atoms with Crippen molar-refractivity contribution in [1.82, 2.24) is 16.0 Å². The maximum Gasteiger partial charge on any atom is 0.304 e. The molecule has 3 rings (SSSR count). The van der Waals surface area contributed by atoms with Crippen molar-refractivity contribution in [3.8, 4) is 0 Å². The van der Waals surface area contributed by atoms with E-state index in [1.807, 2.05) is 18.4 Å². The first-order valence-electron chi connectivity index (χ1n) is 9.60. The molecule has 0 spiro atoms. The van der Waals surface area contributed by atoms with Crippen LogP contribution in [0.5, 0.6) is 0 Å². The van der Waals surface area contributed by atoms with Gasteiger partial charge in [-0.05, 0) is 43.4 Å². The van der Waals surface area contributed by atoms with Gasteiger partial charge < -0.3 is 20.7 Å². The first kappa shape index (κ1) is 21.2. The van der Waals surface area contributed by atoms with Gasteiger partial charge in [0.2, 0.25) is 12.1 Å². The average molecular weight is 420 g/mol. The molecule has 8 nitrogen and oxygen atoms in total. The van der Waals surface area contributed by atoms with Gasteiger partial charge in [0.25, 0.3) is 11.8 Å². The van der Waals surface area contributed by atoms with Crippen LogP contribution in [0, 0.1) is 0 Å². The highest BCUT2D eigenvalue weighted by Crippen LogP contribution is 2.30. The van der Waals surface area contributed by atoms with Crippen molar-refractivity contribution >= 4 is 35.5 Å². The number of nitrogens with one attached hydrogen (secondary N) is 3. The van der Waals surface area contributed by atoms with E-state index in [4.69, 9.17) is 4.74 Å². The lowest BCUT2D eigenvalue weighted by Crippen LogP contribution is -2.73. The van der Waals surface area contributed by atoms with Gasteiger partial charge in [-0.1, -0.05) is 19.3 Å². The standard InChI is InChI=1S/C20H25N3O5S/c1-12(24)28-18-15(17(26)22-18)21-19(27)20(10-4-3-5-11-20)23-16(25)13-6-8-14(29-2)9-7-13/h6-9,15,18H,3-5,10-11H2,1-2H3,(H,21,27)(H,22,26)(H,23,25)/t15-,18+/m1/s1. The molecule has 1 saturated heterocycles. The summed E-state index contributed by atoms with van der Waals surface area (Å²) in [5, 5.41) is 8.01. The van der Waals surface area contributed by atoms with Crippen LogP contribution < -0.4 is 16.0 Å². The molecule has 1 aromatic rings. The van der Waals surface area contributed by atoms with Crippen LogP contribution in [-0.4, -0.2) is 47.8 Å². The molecule has 0 aromatic heterocycles. The Labute approximate surface area is 173 Å². The summed E-state index contributed by atoms with van der Waals surface area (Å²) in [6, 6.07) is 6.21. The van der Waals surface area contributed by atoms with Gasteiger partial charge in [-0.25, -0.2) is 0 Å². The molecule has 156 valence electrons. The third kappa shape index (κ3) is 4.72. The van der Waals surface area contributed by atoms with Crippen LogP contribution in [0.3, 0.4) is 0 Å². The second kappa shape index (κ2) is 8.86. The number of benzene rings is 1. The van der Waals surface area contributed by atoms with Gasteiger partial charge in [0.15, 0.2) is 6.04 Å². The first-order chi connectivity index (χ1) is 13.8. The van der Waals surface area contributed by atoms with Crippen LogP contribution in [0.1, 0.15) is 49.4 Å². The summed E-state index contributed by atoms with van der Waals surface area (Å²) in [4.78, 5) is 50.0. The van der Waals surface area contributed by atoms with Gasteiger partial charge in [-0.15, -0.1) is 11.8 Å². The Morgan fingerprint density at radius 3 is 2.34 bits per heavy atom. The van der Waals surface area contributed by atoms with E-state index in [1.165, 1.54) is 6.92 Å². The topological polar surface area (TPSA) is 114 Å². The van der Waals surface area contributed by atoms with E-state index in [1.54, 1.807) is 23.9 Å². The Hall–Kier alpha value is -2.55. The molecule has 2 atom stereocenters. The predicted molar refractivity (Wildman–Crippen MR) is 107 cm³/mol. The minimum atomic E-state index is -1.09. The molecule has 9 heteroatoms. The number of carbonyl (C=O) groups excluding carboxylic acids is 4. The molecule has 1 aliphatic heterocycles. The maximum absolute atomic E-state index is 13.1. The highest BCUT2D eigenvalue weighted by atomic mass is 32.2. The minimum Gasteiger partial charge on any atom is -0.439 e. The summed E-state index contributed by atoms with van der Waals surface area (Å²) in [6.07, 6.45) is 4.61. The first-order valence-corrected chi connectivity index (χ1v) is 10.8. The number of β-lactam (4-membered cyclic amide) rings is 1. The Bertz CT molecular complexity index is 805. The quantitative estimate of drug-likeness (QED) is 0.364. The Balaban J connectivity index is 1.73. The number of ether oxygens (including phenoxy) is 1. The van der Waals surface area contributed by atoms with Crippen molar-refractivity contribution in [3.05, 3.63) is 29.8 Å². The lowest BCUT2D eigenvalue weighted by molar-refractivity contribution is -0.165. The number of carbonyl (C=O) groups is 4. The highest BCUT2D eigenvalue weighted by molar-refractivity contribution is 7.98. The van der Waals surface area contributed by atoms with Crippen molar-refractivity contribution < 1.29 is 23.9 Å². The molecule has 29 heavy (non-hydrogen) atoms. The zero-order chi connectivity index (χ0) is 21.0. The van der Waals surface area contributed by atoms with Gasteiger partial charge >= 0.3 is 5.97 Å². The molecule has 1 heterocycles. The maximum atomic E-state index is 13.1. The SMILES string of the molecule is CSc1ccc(C(=O)NC2(C(=O)N[C@@H]3C(=O)N[C@H]3OC(C)=O)CCCCC2)cc1. The summed E-state index contributed by atoms with van der Waals surface area (Å²) >= 11 is 1.58. The van der Waals surface area contributed by atoms with Gasteiger partial charge in [0.1, 0.15) is 5.54 Å². The number of esters is 1. The van der Waals surface area contributed by atoms with E-state index in [0.717, 1.165) is 24.2 Å². The van der Waals surface area contributed by atoms with E-state index in [2.05, 4.69) is 16.0 Å². The van der Waals surface area contributed by atoms with Crippen LogP contribution >= 0.6 is 11.8 Å². The van der Waals surface area contributed by atoms with Crippen molar-refractivity contribution in [2.75, 3.05) is 6.26 Å². The number of hydrogen-bond donors (Lipinski definition) is 3. The number of rotatable bonds is 6. The summed E-state index contributed by atoms with van der Waals surface area (Å²) in [5.41, 5.74) is -0.621. The fraction of sp³-hybridized carbons (Fsp3) is 0.500. The molecule has 2 aliphatic rings.